The summed E-state index contributed by atoms with van der Waals surface area (Å²) in [5, 5.41) is 32.3. The summed E-state index contributed by atoms with van der Waals surface area (Å²) in [6.45, 7) is 1.83. The molecule has 108 valence electrons. The topological polar surface area (TPSA) is 98.6 Å². The first-order chi connectivity index (χ1) is 10.5. The molecule has 0 aliphatic carbocycles. The van der Waals surface area contributed by atoms with E-state index < -0.39 is 5.97 Å². The first-order valence-electron chi connectivity index (χ1n) is 6.47. The van der Waals surface area contributed by atoms with Crippen molar-refractivity contribution in [2.45, 2.75) is 6.92 Å². The van der Waals surface area contributed by atoms with Crippen LogP contribution in [0.1, 0.15) is 21.7 Å². The van der Waals surface area contributed by atoms with Crippen molar-refractivity contribution < 1.29 is 15.0 Å². The van der Waals surface area contributed by atoms with Gasteiger partial charge in [0.15, 0.2) is 0 Å². The van der Waals surface area contributed by atoms with E-state index in [1.807, 2.05) is 19.1 Å². The molecule has 2 aromatic heterocycles. The minimum Gasteiger partial charge on any atom is -0.507 e. The highest BCUT2D eigenvalue weighted by Crippen LogP contribution is 2.31. The van der Waals surface area contributed by atoms with Gasteiger partial charge in [0.25, 0.3) is 0 Å². The van der Waals surface area contributed by atoms with Gasteiger partial charge in [-0.2, -0.15) is 10.4 Å². The zero-order valence-corrected chi connectivity index (χ0v) is 11.6. The van der Waals surface area contributed by atoms with E-state index in [2.05, 4.69) is 11.2 Å². The second-order valence-electron chi connectivity index (χ2n) is 4.86. The molecule has 3 rings (SSSR count). The number of aryl methyl sites for hydroxylation is 1. The number of fused-ring (bicyclic) bond motifs is 1. The SMILES string of the molecule is Cc1ccc2c(-c3ccc(C(=O)O)c(O)c3)cc(C#N)n2n1. The molecule has 0 fully saturated rings. The van der Waals surface area contributed by atoms with Crippen molar-refractivity contribution in [1.29, 1.82) is 5.26 Å². The van der Waals surface area contributed by atoms with Gasteiger partial charge in [-0.1, -0.05) is 6.07 Å². The van der Waals surface area contributed by atoms with E-state index in [0.717, 1.165) is 5.69 Å². The van der Waals surface area contributed by atoms with Crippen LogP contribution >= 0.6 is 0 Å². The number of carboxylic acids is 1. The van der Waals surface area contributed by atoms with Crippen molar-refractivity contribution >= 4 is 11.5 Å². The summed E-state index contributed by atoms with van der Waals surface area (Å²) in [4.78, 5) is 11.0. The number of nitrogens with zero attached hydrogens (tertiary/aromatic N) is 3. The fourth-order valence-corrected chi connectivity index (χ4v) is 2.37. The number of hydrogen-bond acceptors (Lipinski definition) is 4. The molecule has 1 aromatic carbocycles. The van der Waals surface area contributed by atoms with Gasteiger partial charge in [0, 0.05) is 5.56 Å². The molecular weight excluding hydrogens is 282 g/mol. The zero-order chi connectivity index (χ0) is 15.9. The normalized spacial score (nSPS) is 10.5. The number of aromatic carboxylic acids is 1. The quantitative estimate of drug-likeness (QED) is 0.756. The summed E-state index contributed by atoms with van der Waals surface area (Å²) in [7, 11) is 0. The Morgan fingerprint density at radius 3 is 2.68 bits per heavy atom. The zero-order valence-electron chi connectivity index (χ0n) is 11.6. The standard InChI is InChI=1S/C16H11N3O3/c1-9-2-5-14-13(7-11(8-17)19(14)18-9)10-3-4-12(16(21)22)15(20)6-10/h2-7,20H,1H3,(H,21,22). The Bertz CT molecular complexity index is 951. The number of carboxylic acid groups (broad SMARTS) is 1. The maximum Gasteiger partial charge on any atom is 0.339 e. The Labute approximate surface area is 125 Å². The monoisotopic (exact) mass is 293 g/mol. The number of aromatic nitrogens is 2. The maximum atomic E-state index is 11.0. The van der Waals surface area contributed by atoms with Gasteiger partial charge in [0.1, 0.15) is 23.1 Å². The molecule has 0 amide bonds. The molecule has 0 atom stereocenters. The highest BCUT2D eigenvalue weighted by atomic mass is 16.4. The van der Waals surface area contributed by atoms with Gasteiger partial charge in [0.2, 0.25) is 0 Å². The number of hydrogen-bond donors (Lipinski definition) is 2. The van der Waals surface area contributed by atoms with Gasteiger partial charge in [0.05, 0.1) is 11.2 Å². The number of carbonyl (C=O) groups is 1. The van der Waals surface area contributed by atoms with Crippen LogP contribution in [-0.2, 0) is 0 Å². The van der Waals surface area contributed by atoms with Crippen molar-refractivity contribution in [3.63, 3.8) is 0 Å². The molecule has 0 saturated carbocycles. The Balaban J connectivity index is 2.25. The molecule has 0 bridgehead atoms. The van der Waals surface area contributed by atoms with Crippen LogP contribution in [0, 0.1) is 18.3 Å². The summed E-state index contributed by atoms with van der Waals surface area (Å²) < 4.78 is 1.53. The highest BCUT2D eigenvalue weighted by molar-refractivity contribution is 5.93. The van der Waals surface area contributed by atoms with E-state index in [4.69, 9.17) is 5.11 Å². The molecule has 2 heterocycles. The minimum absolute atomic E-state index is 0.165. The van der Waals surface area contributed by atoms with Gasteiger partial charge in [-0.15, -0.1) is 0 Å². The predicted molar refractivity (Wildman–Crippen MR) is 78.7 cm³/mol. The first kappa shape index (κ1) is 13.6. The Kier molecular flexibility index (Phi) is 3.04. The van der Waals surface area contributed by atoms with Crippen molar-refractivity contribution in [3.05, 3.63) is 53.3 Å². The van der Waals surface area contributed by atoms with E-state index in [0.29, 0.717) is 22.3 Å². The molecule has 0 spiro atoms. The van der Waals surface area contributed by atoms with Crippen LogP contribution in [0.15, 0.2) is 36.4 Å². The van der Waals surface area contributed by atoms with Crippen LogP contribution in [-0.4, -0.2) is 25.8 Å². The second kappa shape index (κ2) is 4.90. The van der Waals surface area contributed by atoms with Crippen molar-refractivity contribution in [1.82, 2.24) is 9.61 Å². The van der Waals surface area contributed by atoms with Crippen LogP contribution in [0.2, 0.25) is 0 Å². The van der Waals surface area contributed by atoms with Crippen LogP contribution in [0.5, 0.6) is 5.75 Å². The van der Waals surface area contributed by atoms with E-state index in [1.165, 1.54) is 16.6 Å². The van der Waals surface area contributed by atoms with E-state index in [-0.39, 0.29) is 11.3 Å². The number of benzene rings is 1. The average Bonchev–Trinajstić information content (AvgIpc) is 2.84. The maximum absolute atomic E-state index is 11.0. The Morgan fingerprint density at radius 2 is 2.05 bits per heavy atom. The molecule has 6 nitrogen and oxygen atoms in total. The van der Waals surface area contributed by atoms with Gasteiger partial charge < -0.3 is 10.2 Å². The molecule has 0 radical (unpaired) electrons. The largest absolute Gasteiger partial charge is 0.507 e. The summed E-state index contributed by atoms with van der Waals surface area (Å²) >= 11 is 0. The van der Waals surface area contributed by atoms with Crippen molar-refractivity contribution in [2.75, 3.05) is 0 Å². The fourth-order valence-electron chi connectivity index (χ4n) is 2.37. The molecule has 3 aromatic rings. The predicted octanol–water partition coefficient (Wildman–Crippen LogP) is 2.59. The van der Waals surface area contributed by atoms with Gasteiger partial charge in [-0.05, 0) is 42.8 Å². The van der Waals surface area contributed by atoms with Crippen LogP contribution < -0.4 is 0 Å². The average molecular weight is 293 g/mol. The Morgan fingerprint density at radius 1 is 1.27 bits per heavy atom. The van der Waals surface area contributed by atoms with Gasteiger partial charge >= 0.3 is 5.97 Å². The number of aromatic hydroxyl groups is 1. The first-order valence-corrected chi connectivity index (χ1v) is 6.47. The molecule has 6 heteroatoms. The minimum atomic E-state index is -1.19. The lowest BCUT2D eigenvalue weighted by Crippen LogP contribution is -1.97. The van der Waals surface area contributed by atoms with Crippen LogP contribution in [0.3, 0.4) is 0 Å². The third-order valence-electron chi connectivity index (χ3n) is 3.41. The number of rotatable bonds is 2. The molecule has 0 unspecified atom stereocenters. The number of phenols is 1. The molecule has 0 aliphatic rings. The highest BCUT2D eigenvalue weighted by Gasteiger charge is 2.15. The third-order valence-corrected chi connectivity index (χ3v) is 3.41. The smallest absolute Gasteiger partial charge is 0.339 e. The molecule has 0 saturated heterocycles. The fraction of sp³-hybridized carbons (Fsp3) is 0.0625. The van der Waals surface area contributed by atoms with Gasteiger partial charge in [-0.3, -0.25) is 0 Å². The van der Waals surface area contributed by atoms with E-state index in [9.17, 15) is 15.2 Å². The molecule has 2 N–H and O–H groups in total. The molecule has 22 heavy (non-hydrogen) atoms. The number of nitriles is 1. The lowest BCUT2D eigenvalue weighted by Gasteiger charge is -2.04. The molecular formula is C16H11N3O3. The van der Waals surface area contributed by atoms with Gasteiger partial charge in [-0.25, -0.2) is 9.31 Å². The van der Waals surface area contributed by atoms with Crippen LogP contribution in [0.4, 0.5) is 0 Å². The van der Waals surface area contributed by atoms with E-state index in [1.54, 1.807) is 12.1 Å². The lowest BCUT2D eigenvalue weighted by atomic mass is 10.0. The van der Waals surface area contributed by atoms with Crippen molar-refractivity contribution in [2.24, 2.45) is 0 Å². The van der Waals surface area contributed by atoms with E-state index >= 15 is 0 Å². The summed E-state index contributed by atoms with van der Waals surface area (Å²) in [5.74, 6) is -1.51. The molecule has 0 aliphatic heterocycles. The summed E-state index contributed by atoms with van der Waals surface area (Å²) in [5.41, 5.74) is 3.01. The van der Waals surface area contributed by atoms with Crippen molar-refractivity contribution in [3.8, 4) is 22.9 Å². The second-order valence-corrected chi connectivity index (χ2v) is 4.86. The van der Waals surface area contributed by atoms with Crippen LogP contribution in [0.25, 0.3) is 16.6 Å². The summed E-state index contributed by atoms with van der Waals surface area (Å²) in [6, 6.07) is 11.7. The Hall–Kier alpha value is -3.33. The third kappa shape index (κ3) is 2.05. The summed E-state index contributed by atoms with van der Waals surface area (Å²) in [6.07, 6.45) is 0. The lowest BCUT2D eigenvalue weighted by molar-refractivity contribution is 0.0694.